The third-order valence-corrected chi connectivity index (χ3v) is 3.00. The molecule has 16 heavy (non-hydrogen) atoms. The average Bonchev–Trinajstić information content (AvgIpc) is 2.08. The molecule has 0 saturated carbocycles. The van der Waals surface area contributed by atoms with E-state index in [2.05, 4.69) is 32.7 Å². The number of nitrogens with one attached hydrogen (secondary N) is 1. The van der Waals surface area contributed by atoms with Gasteiger partial charge in [-0.15, -0.1) is 0 Å². The Bertz CT molecular complexity index is 479. The number of rotatable bonds is 2. The van der Waals surface area contributed by atoms with Gasteiger partial charge in [-0.2, -0.15) is 0 Å². The molecular formula is C11H19N3O2. The molecule has 0 spiro atoms. The molecule has 1 aromatic rings. The van der Waals surface area contributed by atoms with Gasteiger partial charge in [0.15, 0.2) is 0 Å². The molecule has 90 valence electrons. The van der Waals surface area contributed by atoms with Crippen LogP contribution in [0.5, 0.6) is 0 Å². The maximum absolute atomic E-state index is 11.6. The molecule has 0 aliphatic carbocycles. The molecule has 5 heteroatoms. The van der Waals surface area contributed by atoms with Crippen LogP contribution in [0, 0.1) is 11.3 Å². The number of aromatic nitrogens is 2. The molecule has 0 aliphatic rings. The predicted octanol–water partition coefficient (Wildman–Crippen LogP) is 0.801. The van der Waals surface area contributed by atoms with Crippen LogP contribution in [-0.4, -0.2) is 9.55 Å². The van der Waals surface area contributed by atoms with E-state index in [1.807, 2.05) is 0 Å². The largest absolute Gasteiger partial charge is 0.385 e. The van der Waals surface area contributed by atoms with Crippen molar-refractivity contribution in [3.8, 4) is 0 Å². The highest BCUT2D eigenvalue weighted by Crippen LogP contribution is 2.26. The summed E-state index contributed by atoms with van der Waals surface area (Å²) >= 11 is 0. The van der Waals surface area contributed by atoms with Crippen LogP contribution >= 0.6 is 0 Å². The minimum atomic E-state index is -0.456. The number of hydrogen-bond acceptors (Lipinski definition) is 3. The molecule has 0 fully saturated rings. The molecule has 5 nitrogen and oxygen atoms in total. The van der Waals surface area contributed by atoms with Crippen LogP contribution in [0.1, 0.15) is 27.7 Å². The van der Waals surface area contributed by atoms with Crippen molar-refractivity contribution in [2.75, 3.05) is 5.73 Å². The van der Waals surface area contributed by atoms with E-state index in [9.17, 15) is 9.59 Å². The molecule has 0 aliphatic heterocycles. The molecule has 0 radical (unpaired) electrons. The van der Waals surface area contributed by atoms with Crippen molar-refractivity contribution in [2.45, 2.75) is 34.2 Å². The summed E-state index contributed by atoms with van der Waals surface area (Å²) in [5, 5.41) is 0. The minimum absolute atomic E-state index is 0.0853. The number of H-pyrrole nitrogens is 1. The van der Waals surface area contributed by atoms with Gasteiger partial charge in [0.25, 0.3) is 5.56 Å². The minimum Gasteiger partial charge on any atom is -0.385 e. The predicted molar refractivity (Wildman–Crippen MR) is 64.4 cm³/mol. The van der Waals surface area contributed by atoms with E-state index >= 15 is 0 Å². The number of anilines is 1. The first-order valence-corrected chi connectivity index (χ1v) is 5.31. The van der Waals surface area contributed by atoms with Gasteiger partial charge in [0.2, 0.25) is 0 Å². The topological polar surface area (TPSA) is 80.9 Å². The molecule has 1 rings (SSSR count). The van der Waals surface area contributed by atoms with Gasteiger partial charge < -0.3 is 5.73 Å². The van der Waals surface area contributed by atoms with Crippen LogP contribution in [0.2, 0.25) is 0 Å². The van der Waals surface area contributed by atoms with E-state index in [1.54, 1.807) is 0 Å². The molecule has 0 bridgehead atoms. The van der Waals surface area contributed by atoms with Crippen LogP contribution in [0.4, 0.5) is 5.82 Å². The van der Waals surface area contributed by atoms with Gasteiger partial charge in [-0.25, -0.2) is 4.79 Å². The highest BCUT2D eigenvalue weighted by molar-refractivity contribution is 5.26. The maximum Gasteiger partial charge on any atom is 0.329 e. The Kier molecular flexibility index (Phi) is 3.26. The van der Waals surface area contributed by atoms with Crippen LogP contribution in [-0.2, 0) is 6.54 Å². The third kappa shape index (κ3) is 2.74. The van der Waals surface area contributed by atoms with E-state index in [0.717, 1.165) is 0 Å². The molecule has 1 aromatic heterocycles. The maximum atomic E-state index is 11.6. The van der Waals surface area contributed by atoms with Crippen LogP contribution in [0.15, 0.2) is 15.7 Å². The molecule has 3 N–H and O–H groups in total. The summed E-state index contributed by atoms with van der Waals surface area (Å²) < 4.78 is 1.40. The van der Waals surface area contributed by atoms with E-state index in [1.165, 1.54) is 10.6 Å². The summed E-state index contributed by atoms with van der Waals surface area (Å²) in [4.78, 5) is 24.8. The number of nitrogens with two attached hydrogens (primary N) is 1. The third-order valence-electron chi connectivity index (χ3n) is 3.00. The monoisotopic (exact) mass is 225 g/mol. The Labute approximate surface area is 94.3 Å². The Morgan fingerprint density at radius 3 is 2.44 bits per heavy atom. The van der Waals surface area contributed by atoms with Crippen molar-refractivity contribution in [1.82, 2.24) is 9.55 Å². The van der Waals surface area contributed by atoms with Crippen molar-refractivity contribution in [1.29, 1.82) is 0 Å². The first-order chi connectivity index (χ1) is 7.21. The Morgan fingerprint density at radius 2 is 2.00 bits per heavy atom. The Morgan fingerprint density at radius 1 is 1.44 bits per heavy atom. The van der Waals surface area contributed by atoms with Crippen molar-refractivity contribution in [2.24, 2.45) is 11.3 Å². The van der Waals surface area contributed by atoms with Gasteiger partial charge in [0.05, 0.1) is 0 Å². The number of nitrogen functional groups attached to an aromatic ring is 1. The molecule has 1 atom stereocenters. The second-order valence-electron chi connectivity index (χ2n) is 5.24. The van der Waals surface area contributed by atoms with Crippen molar-refractivity contribution in [3.05, 3.63) is 26.9 Å². The second-order valence-corrected chi connectivity index (χ2v) is 5.24. The fraction of sp³-hybridized carbons (Fsp3) is 0.636. The lowest BCUT2D eigenvalue weighted by atomic mass is 9.82. The molecular weight excluding hydrogens is 206 g/mol. The lowest BCUT2D eigenvalue weighted by Crippen LogP contribution is -2.35. The highest BCUT2D eigenvalue weighted by atomic mass is 16.2. The first kappa shape index (κ1) is 12.5. The van der Waals surface area contributed by atoms with Crippen LogP contribution in [0.3, 0.4) is 0 Å². The SMILES string of the molecule is CC(Cn1c(N)cc(=O)[nH]c1=O)C(C)(C)C. The zero-order chi connectivity index (χ0) is 12.5. The van der Waals surface area contributed by atoms with E-state index in [4.69, 9.17) is 5.73 Å². The summed E-state index contributed by atoms with van der Waals surface area (Å²) in [5.74, 6) is 0.489. The Hall–Kier alpha value is -1.52. The van der Waals surface area contributed by atoms with E-state index in [-0.39, 0.29) is 17.2 Å². The smallest absolute Gasteiger partial charge is 0.329 e. The Balaban J connectivity index is 3.08. The lowest BCUT2D eigenvalue weighted by molar-refractivity contribution is 0.231. The average molecular weight is 225 g/mol. The summed E-state index contributed by atoms with van der Waals surface area (Å²) in [6, 6.07) is 1.23. The normalized spacial score (nSPS) is 13.8. The van der Waals surface area contributed by atoms with Gasteiger partial charge in [0, 0.05) is 12.6 Å². The second kappa shape index (κ2) is 4.15. The van der Waals surface area contributed by atoms with Gasteiger partial charge in [-0.3, -0.25) is 14.3 Å². The van der Waals surface area contributed by atoms with Crippen molar-refractivity contribution < 1.29 is 0 Å². The zero-order valence-corrected chi connectivity index (χ0v) is 10.2. The van der Waals surface area contributed by atoms with Gasteiger partial charge in [-0.1, -0.05) is 27.7 Å². The molecule has 0 amide bonds. The highest BCUT2D eigenvalue weighted by Gasteiger charge is 2.21. The van der Waals surface area contributed by atoms with Crippen molar-refractivity contribution >= 4 is 5.82 Å². The molecule has 1 heterocycles. The first-order valence-electron chi connectivity index (χ1n) is 5.31. The lowest BCUT2D eigenvalue weighted by Gasteiger charge is -2.28. The molecule has 0 aromatic carbocycles. The standard InChI is InChI=1S/C11H19N3O2/c1-7(11(2,3)4)6-14-8(12)5-9(15)13-10(14)16/h5,7H,6,12H2,1-4H3,(H,13,15,16). The summed E-state index contributed by atoms with van der Waals surface area (Å²) in [5.41, 5.74) is 4.84. The summed E-state index contributed by atoms with van der Waals surface area (Å²) in [6.45, 7) is 8.86. The summed E-state index contributed by atoms with van der Waals surface area (Å²) in [6.07, 6.45) is 0. The van der Waals surface area contributed by atoms with Gasteiger partial charge in [0.1, 0.15) is 5.82 Å². The number of aromatic amines is 1. The fourth-order valence-corrected chi connectivity index (χ4v) is 1.27. The van der Waals surface area contributed by atoms with Crippen LogP contribution < -0.4 is 17.0 Å². The molecule has 1 unspecified atom stereocenters. The van der Waals surface area contributed by atoms with Gasteiger partial charge >= 0.3 is 5.69 Å². The number of nitrogens with zero attached hydrogens (tertiary/aromatic N) is 1. The van der Waals surface area contributed by atoms with Crippen molar-refractivity contribution in [3.63, 3.8) is 0 Å². The van der Waals surface area contributed by atoms with Gasteiger partial charge in [-0.05, 0) is 11.3 Å². The fourth-order valence-electron chi connectivity index (χ4n) is 1.27. The number of hydrogen-bond donors (Lipinski definition) is 2. The molecule has 0 saturated heterocycles. The van der Waals surface area contributed by atoms with E-state index in [0.29, 0.717) is 6.54 Å². The van der Waals surface area contributed by atoms with E-state index < -0.39 is 11.2 Å². The zero-order valence-electron chi connectivity index (χ0n) is 10.2. The quantitative estimate of drug-likeness (QED) is 0.781. The van der Waals surface area contributed by atoms with Crippen LogP contribution in [0.25, 0.3) is 0 Å². The summed E-state index contributed by atoms with van der Waals surface area (Å²) in [7, 11) is 0.